The van der Waals surface area contributed by atoms with Gasteiger partial charge in [-0.2, -0.15) is 20.0 Å². The number of morpholine rings is 1. The zero-order valence-electron chi connectivity index (χ0n) is 25.1. The molecule has 14 heteroatoms. The monoisotopic (exact) mass is 672 g/mol. The highest BCUT2D eigenvalue weighted by Crippen LogP contribution is 2.42. The second-order valence-electron chi connectivity index (χ2n) is 11.0. The number of nitrogens with one attached hydrogen (secondary N) is 2. The summed E-state index contributed by atoms with van der Waals surface area (Å²) < 4.78 is 41.4. The lowest BCUT2D eigenvalue weighted by atomic mass is 10.1. The van der Waals surface area contributed by atoms with Crippen LogP contribution in [0.15, 0.2) is 41.1 Å². The van der Waals surface area contributed by atoms with Crippen LogP contribution in [0.2, 0.25) is 0 Å². The van der Waals surface area contributed by atoms with Crippen molar-refractivity contribution in [3.63, 3.8) is 0 Å². The number of nitrogens with zero attached hydrogens (tertiary/aromatic N) is 6. The molecule has 1 aliphatic heterocycles. The molecule has 1 aliphatic rings. The number of rotatable bonds is 8. The first-order valence-electron chi connectivity index (χ1n) is 13.7. The topological polar surface area (TPSA) is 119 Å². The highest BCUT2D eigenvalue weighted by Gasteiger charge is 2.27. The van der Waals surface area contributed by atoms with E-state index in [0.29, 0.717) is 27.6 Å². The molecule has 43 heavy (non-hydrogen) atoms. The molecule has 2 aromatic heterocycles. The van der Waals surface area contributed by atoms with Crippen molar-refractivity contribution in [2.24, 2.45) is 7.05 Å². The van der Waals surface area contributed by atoms with Crippen LogP contribution in [-0.2, 0) is 16.3 Å². The third kappa shape index (κ3) is 6.68. The Hall–Kier alpha value is -3.54. The summed E-state index contributed by atoms with van der Waals surface area (Å²) in [5.41, 5.74) is 3.65. The van der Waals surface area contributed by atoms with Crippen LogP contribution in [0.3, 0.4) is 0 Å². The number of hydrogen-bond donors (Lipinski definition) is 2. The molecule has 1 fully saturated rings. The predicted octanol–water partition coefficient (Wildman–Crippen LogP) is 5.84. The molecule has 2 N–H and O–H groups in total. The maximum atomic E-state index is 15.9. The van der Waals surface area contributed by atoms with Gasteiger partial charge >= 0.3 is 0 Å². The van der Waals surface area contributed by atoms with Crippen LogP contribution in [0.25, 0.3) is 11.3 Å². The van der Waals surface area contributed by atoms with Crippen molar-refractivity contribution < 1.29 is 18.4 Å². The molecule has 0 bridgehead atoms. The predicted molar refractivity (Wildman–Crippen MR) is 172 cm³/mol. The minimum Gasteiger partial charge on any atom is -0.495 e. The van der Waals surface area contributed by atoms with E-state index in [1.165, 1.54) is 24.3 Å². The fourth-order valence-electron chi connectivity index (χ4n) is 5.21. The largest absolute Gasteiger partial charge is 0.495 e. The van der Waals surface area contributed by atoms with Gasteiger partial charge in [-0.1, -0.05) is 0 Å². The van der Waals surface area contributed by atoms with Crippen molar-refractivity contribution in [3.8, 4) is 17.0 Å². The Morgan fingerprint density at radius 1 is 1.12 bits per heavy atom. The average Bonchev–Trinajstić information content (AvgIpc) is 3.36. The van der Waals surface area contributed by atoms with Gasteiger partial charge in [0.15, 0.2) is 0 Å². The van der Waals surface area contributed by atoms with E-state index in [1.807, 2.05) is 13.0 Å². The van der Waals surface area contributed by atoms with E-state index in [-0.39, 0.29) is 23.1 Å². The van der Waals surface area contributed by atoms with Gasteiger partial charge in [0, 0.05) is 43.7 Å². The molecule has 0 amide bonds. The molecule has 2 atom stereocenters. The maximum absolute atomic E-state index is 15.9. The SMILES string of the molecule is COc1cc(Nc2ncc(Br)c(Nc3ccc(-c4cnn(C)n4)c(F)c3P(C)(C)=O)n2)c(C)cc1N1CC(C)OC(C)C1. The molecule has 4 aromatic rings. The van der Waals surface area contributed by atoms with Crippen LogP contribution in [0.1, 0.15) is 19.4 Å². The van der Waals surface area contributed by atoms with Crippen molar-refractivity contribution >= 4 is 57.2 Å². The number of ether oxygens (including phenoxy) is 2. The fourth-order valence-corrected chi connectivity index (χ4v) is 6.81. The zero-order chi connectivity index (χ0) is 31.1. The highest BCUT2D eigenvalue weighted by atomic mass is 79.9. The van der Waals surface area contributed by atoms with Gasteiger partial charge in [0.25, 0.3) is 0 Å². The molecule has 2 unspecified atom stereocenters. The van der Waals surface area contributed by atoms with E-state index in [9.17, 15) is 4.57 Å². The second-order valence-corrected chi connectivity index (χ2v) is 15.0. The summed E-state index contributed by atoms with van der Waals surface area (Å²) in [6.07, 6.45) is 3.28. The molecular weight excluding hydrogens is 638 g/mol. The minimum atomic E-state index is -3.09. The van der Waals surface area contributed by atoms with Gasteiger partial charge < -0.3 is 29.6 Å². The summed E-state index contributed by atoms with van der Waals surface area (Å²) in [6.45, 7) is 10.7. The fraction of sp³-hybridized carbons (Fsp3) is 0.379. The van der Waals surface area contributed by atoms with E-state index in [2.05, 4.69) is 71.5 Å². The average molecular weight is 674 g/mol. The van der Waals surface area contributed by atoms with Gasteiger partial charge in [-0.15, -0.1) is 0 Å². The van der Waals surface area contributed by atoms with Crippen LogP contribution in [0.5, 0.6) is 5.75 Å². The van der Waals surface area contributed by atoms with E-state index >= 15 is 4.39 Å². The van der Waals surface area contributed by atoms with Crippen molar-refractivity contribution in [2.75, 3.05) is 49.1 Å². The molecule has 2 aromatic carbocycles. The maximum Gasteiger partial charge on any atom is 0.229 e. The summed E-state index contributed by atoms with van der Waals surface area (Å²) >= 11 is 3.49. The van der Waals surface area contributed by atoms with Crippen molar-refractivity contribution in [3.05, 3.63) is 52.5 Å². The third-order valence-corrected chi connectivity index (χ3v) is 9.15. The summed E-state index contributed by atoms with van der Waals surface area (Å²) in [5.74, 6) is 0.784. The Kier molecular flexibility index (Phi) is 8.78. The molecular formula is C29H35BrFN8O3P. The summed E-state index contributed by atoms with van der Waals surface area (Å²) in [6, 6.07) is 7.27. The molecule has 0 aliphatic carbocycles. The van der Waals surface area contributed by atoms with Gasteiger partial charge in [0.1, 0.15) is 30.2 Å². The lowest BCUT2D eigenvalue weighted by Crippen LogP contribution is -2.45. The Morgan fingerprint density at radius 3 is 2.47 bits per heavy atom. The Balaban J connectivity index is 1.45. The normalized spacial score (nSPS) is 17.2. The number of hydrogen-bond acceptors (Lipinski definition) is 10. The Bertz CT molecular complexity index is 1700. The molecule has 1 saturated heterocycles. The van der Waals surface area contributed by atoms with Crippen molar-refractivity contribution in [1.82, 2.24) is 25.0 Å². The third-order valence-electron chi connectivity index (χ3n) is 7.06. The summed E-state index contributed by atoms with van der Waals surface area (Å²) in [5, 5.41) is 14.7. The van der Waals surface area contributed by atoms with Gasteiger partial charge in [0.2, 0.25) is 5.95 Å². The number of methoxy groups -OCH3 is 1. The number of halogens is 2. The summed E-state index contributed by atoms with van der Waals surface area (Å²) in [4.78, 5) is 12.7. The number of aryl methyl sites for hydroxylation is 2. The first kappa shape index (κ1) is 30.9. The molecule has 5 rings (SSSR count). The van der Waals surface area contributed by atoms with Crippen molar-refractivity contribution in [2.45, 2.75) is 33.0 Å². The van der Waals surface area contributed by atoms with Crippen LogP contribution in [-0.4, -0.2) is 70.7 Å². The number of benzene rings is 2. The van der Waals surface area contributed by atoms with Gasteiger partial charge in [-0.25, -0.2) is 9.37 Å². The van der Waals surface area contributed by atoms with Crippen molar-refractivity contribution in [1.29, 1.82) is 0 Å². The molecule has 3 heterocycles. The smallest absolute Gasteiger partial charge is 0.229 e. The van der Waals surface area contributed by atoms with Crippen LogP contribution >= 0.6 is 23.1 Å². The van der Waals surface area contributed by atoms with E-state index in [1.54, 1.807) is 32.5 Å². The second kappa shape index (κ2) is 12.2. The summed E-state index contributed by atoms with van der Waals surface area (Å²) in [7, 11) is 0.214. The van der Waals surface area contributed by atoms with E-state index in [0.717, 1.165) is 35.8 Å². The molecule has 0 spiro atoms. The molecule has 228 valence electrons. The van der Waals surface area contributed by atoms with Gasteiger partial charge in [-0.05, 0) is 73.8 Å². The molecule has 0 saturated carbocycles. The lowest BCUT2D eigenvalue weighted by molar-refractivity contribution is -0.00532. The first-order chi connectivity index (χ1) is 20.3. The molecule has 0 radical (unpaired) electrons. The van der Waals surface area contributed by atoms with E-state index < -0.39 is 13.0 Å². The minimum absolute atomic E-state index is 0.0681. The quantitative estimate of drug-likeness (QED) is 0.221. The highest BCUT2D eigenvalue weighted by molar-refractivity contribution is 9.10. The first-order valence-corrected chi connectivity index (χ1v) is 17.1. The lowest BCUT2D eigenvalue weighted by Gasteiger charge is -2.37. The molecule has 11 nitrogen and oxygen atoms in total. The van der Waals surface area contributed by atoms with Gasteiger partial charge in [-0.3, -0.25) is 0 Å². The van der Waals surface area contributed by atoms with Gasteiger partial charge in [0.05, 0.1) is 46.7 Å². The standard InChI is InChI=1S/C29H35BrFN8O3P/c1-16-10-24(39-14-17(2)42-18(3)15-39)25(41-5)11-22(16)35-29-32-12-20(30)28(36-29)34-21-9-8-19(23-13-33-38(4)37-23)26(31)27(21)43(6,7)40/h8-13,17-18H,14-15H2,1-7H3,(H2,32,34,35,36). The Labute approximate surface area is 258 Å². The van der Waals surface area contributed by atoms with E-state index in [4.69, 9.17) is 9.47 Å². The zero-order valence-corrected chi connectivity index (χ0v) is 27.6. The van der Waals surface area contributed by atoms with Crippen LogP contribution in [0.4, 0.5) is 33.2 Å². The number of anilines is 5. The van der Waals surface area contributed by atoms with Crippen LogP contribution in [0, 0.1) is 12.7 Å². The Morgan fingerprint density at radius 2 is 1.84 bits per heavy atom. The van der Waals surface area contributed by atoms with Crippen LogP contribution < -0.4 is 25.6 Å². The number of aromatic nitrogens is 5.